The van der Waals surface area contributed by atoms with Crippen molar-refractivity contribution in [2.45, 2.75) is 6.92 Å². The van der Waals surface area contributed by atoms with Gasteiger partial charge in [0.25, 0.3) is 5.69 Å². The van der Waals surface area contributed by atoms with Crippen LogP contribution in [0.25, 0.3) is 0 Å². The van der Waals surface area contributed by atoms with Gasteiger partial charge in [0.15, 0.2) is 0 Å². The zero-order valence-corrected chi connectivity index (χ0v) is 9.88. The van der Waals surface area contributed by atoms with Crippen molar-refractivity contribution in [1.29, 1.82) is 0 Å². The smallest absolute Gasteiger partial charge is 0.294 e. The summed E-state index contributed by atoms with van der Waals surface area (Å²) in [6.45, 7) is 1.98. The Labute approximate surface area is 104 Å². The van der Waals surface area contributed by atoms with E-state index in [1.165, 1.54) is 6.07 Å². The highest BCUT2D eigenvalue weighted by atomic mass is 16.6. The van der Waals surface area contributed by atoms with Gasteiger partial charge in [-0.15, -0.1) is 0 Å². The maximum atomic E-state index is 10.9. The first-order valence-corrected chi connectivity index (χ1v) is 5.44. The number of nitro groups is 1. The van der Waals surface area contributed by atoms with Gasteiger partial charge < -0.3 is 11.1 Å². The van der Waals surface area contributed by atoms with E-state index in [1.807, 2.05) is 31.2 Å². The molecule has 0 heterocycles. The van der Waals surface area contributed by atoms with Crippen molar-refractivity contribution < 1.29 is 4.92 Å². The summed E-state index contributed by atoms with van der Waals surface area (Å²) < 4.78 is 0. The fourth-order valence-corrected chi connectivity index (χ4v) is 1.60. The molecule has 0 aliphatic rings. The van der Waals surface area contributed by atoms with Gasteiger partial charge in [-0.25, -0.2) is 0 Å². The molecule has 3 N–H and O–H groups in total. The number of nitrogens with one attached hydrogen (secondary N) is 1. The Morgan fingerprint density at radius 1 is 1.17 bits per heavy atom. The van der Waals surface area contributed by atoms with Crippen molar-refractivity contribution >= 4 is 22.7 Å². The molecule has 2 aromatic carbocycles. The van der Waals surface area contributed by atoms with Crippen LogP contribution in [0.1, 0.15) is 5.56 Å². The minimum absolute atomic E-state index is 0.0319. The molecular formula is C13H13N3O2. The summed E-state index contributed by atoms with van der Waals surface area (Å²) in [6.07, 6.45) is 0. The van der Waals surface area contributed by atoms with Crippen LogP contribution in [0.3, 0.4) is 0 Å². The van der Waals surface area contributed by atoms with Crippen LogP contribution in [-0.2, 0) is 0 Å². The van der Waals surface area contributed by atoms with Gasteiger partial charge in [-0.1, -0.05) is 17.7 Å². The highest BCUT2D eigenvalue weighted by Crippen LogP contribution is 2.29. The summed E-state index contributed by atoms with van der Waals surface area (Å²) in [7, 11) is 0. The molecule has 0 aromatic heterocycles. The van der Waals surface area contributed by atoms with Crippen molar-refractivity contribution in [3.63, 3.8) is 0 Å². The van der Waals surface area contributed by atoms with Gasteiger partial charge in [-0.05, 0) is 31.2 Å². The molecule has 92 valence electrons. The van der Waals surface area contributed by atoms with E-state index < -0.39 is 4.92 Å². The van der Waals surface area contributed by atoms with Crippen LogP contribution >= 0.6 is 0 Å². The second-order valence-corrected chi connectivity index (χ2v) is 4.02. The van der Waals surface area contributed by atoms with Crippen molar-refractivity contribution in [1.82, 2.24) is 0 Å². The van der Waals surface area contributed by atoms with Crippen molar-refractivity contribution in [2.24, 2.45) is 0 Å². The molecule has 5 nitrogen and oxygen atoms in total. The second-order valence-electron chi connectivity index (χ2n) is 4.02. The third-order valence-electron chi connectivity index (χ3n) is 2.55. The van der Waals surface area contributed by atoms with Gasteiger partial charge in [0.05, 0.1) is 4.92 Å². The number of anilines is 3. The summed E-state index contributed by atoms with van der Waals surface area (Å²) in [5.41, 5.74) is 8.25. The topological polar surface area (TPSA) is 81.2 Å². The molecule has 0 spiro atoms. The average molecular weight is 243 g/mol. The Hall–Kier alpha value is -2.56. The van der Waals surface area contributed by atoms with E-state index in [2.05, 4.69) is 5.32 Å². The lowest BCUT2D eigenvalue weighted by Crippen LogP contribution is -1.98. The summed E-state index contributed by atoms with van der Waals surface area (Å²) in [6, 6.07) is 12.2. The Kier molecular flexibility index (Phi) is 3.14. The van der Waals surface area contributed by atoms with Crippen LogP contribution < -0.4 is 11.1 Å². The normalized spacial score (nSPS) is 10.1. The molecular weight excluding hydrogens is 230 g/mol. The zero-order valence-electron chi connectivity index (χ0n) is 9.88. The van der Waals surface area contributed by atoms with Gasteiger partial charge >= 0.3 is 0 Å². The Bertz CT molecular complexity index is 579. The molecule has 0 aliphatic heterocycles. The molecule has 2 rings (SSSR count). The average Bonchev–Trinajstić information content (AvgIpc) is 2.34. The highest BCUT2D eigenvalue weighted by Gasteiger charge is 2.13. The number of rotatable bonds is 3. The molecule has 0 unspecified atom stereocenters. The number of benzene rings is 2. The standard InChI is InChI=1S/C13H13N3O2/c1-9-2-5-11(6-3-9)15-12-7-4-10(14)8-13(12)16(17)18/h2-8,15H,14H2,1H3. The van der Waals surface area contributed by atoms with Crippen LogP contribution in [0.4, 0.5) is 22.7 Å². The fourth-order valence-electron chi connectivity index (χ4n) is 1.60. The quantitative estimate of drug-likeness (QED) is 0.492. The van der Waals surface area contributed by atoms with E-state index in [1.54, 1.807) is 12.1 Å². The lowest BCUT2D eigenvalue weighted by molar-refractivity contribution is -0.383. The number of hydrogen-bond acceptors (Lipinski definition) is 4. The predicted octanol–water partition coefficient (Wildman–Crippen LogP) is 3.23. The van der Waals surface area contributed by atoms with E-state index in [4.69, 9.17) is 5.73 Å². The van der Waals surface area contributed by atoms with Crippen molar-refractivity contribution in [2.75, 3.05) is 11.1 Å². The van der Waals surface area contributed by atoms with Gasteiger partial charge in [0, 0.05) is 17.4 Å². The number of hydrogen-bond donors (Lipinski definition) is 2. The van der Waals surface area contributed by atoms with E-state index in [0.717, 1.165) is 11.3 Å². The van der Waals surface area contributed by atoms with Crippen molar-refractivity contribution in [3.05, 3.63) is 58.1 Å². The first-order valence-electron chi connectivity index (χ1n) is 5.44. The van der Waals surface area contributed by atoms with Crippen LogP contribution in [0, 0.1) is 17.0 Å². The molecule has 0 saturated heterocycles. The Balaban J connectivity index is 2.34. The van der Waals surface area contributed by atoms with Gasteiger partial charge in [0.1, 0.15) is 5.69 Å². The zero-order chi connectivity index (χ0) is 13.1. The lowest BCUT2D eigenvalue weighted by Gasteiger charge is -2.07. The Morgan fingerprint density at radius 3 is 2.44 bits per heavy atom. The minimum Gasteiger partial charge on any atom is -0.399 e. The highest BCUT2D eigenvalue weighted by molar-refractivity contribution is 5.72. The summed E-state index contributed by atoms with van der Waals surface area (Å²) in [5, 5.41) is 13.9. The molecule has 0 saturated carbocycles. The Morgan fingerprint density at radius 2 is 1.83 bits per heavy atom. The van der Waals surface area contributed by atoms with Crippen LogP contribution in [-0.4, -0.2) is 4.92 Å². The van der Waals surface area contributed by atoms with Gasteiger partial charge in [-0.2, -0.15) is 0 Å². The number of aryl methyl sites for hydroxylation is 1. The predicted molar refractivity (Wildman–Crippen MR) is 72.0 cm³/mol. The molecule has 18 heavy (non-hydrogen) atoms. The van der Waals surface area contributed by atoms with E-state index in [-0.39, 0.29) is 5.69 Å². The molecule has 5 heteroatoms. The monoisotopic (exact) mass is 243 g/mol. The third kappa shape index (κ3) is 2.57. The molecule has 0 aliphatic carbocycles. The SMILES string of the molecule is Cc1ccc(Nc2ccc(N)cc2[N+](=O)[O-])cc1. The number of nitrogen functional groups attached to an aromatic ring is 1. The lowest BCUT2D eigenvalue weighted by atomic mass is 10.2. The van der Waals surface area contributed by atoms with E-state index in [0.29, 0.717) is 11.4 Å². The summed E-state index contributed by atoms with van der Waals surface area (Å²) in [4.78, 5) is 10.5. The number of nitrogens with zero attached hydrogens (tertiary/aromatic N) is 1. The minimum atomic E-state index is -0.452. The maximum absolute atomic E-state index is 10.9. The van der Waals surface area contributed by atoms with Crippen LogP contribution in [0.5, 0.6) is 0 Å². The molecule has 0 atom stereocenters. The largest absolute Gasteiger partial charge is 0.399 e. The molecule has 0 bridgehead atoms. The second kappa shape index (κ2) is 4.75. The number of nitro benzene ring substituents is 1. The molecule has 0 amide bonds. The van der Waals surface area contributed by atoms with Gasteiger partial charge in [0.2, 0.25) is 0 Å². The van der Waals surface area contributed by atoms with E-state index >= 15 is 0 Å². The first-order chi connectivity index (χ1) is 8.56. The van der Waals surface area contributed by atoms with Crippen LogP contribution in [0.15, 0.2) is 42.5 Å². The summed E-state index contributed by atoms with van der Waals surface area (Å²) in [5.74, 6) is 0. The van der Waals surface area contributed by atoms with Gasteiger partial charge in [-0.3, -0.25) is 10.1 Å². The fraction of sp³-hybridized carbons (Fsp3) is 0.0769. The third-order valence-corrected chi connectivity index (χ3v) is 2.55. The maximum Gasteiger partial charge on any atom is 0.294 e. The molecule has 0 fully saturated rings. The molecule has 2 aromatic rings. The van der Waals surface area contributed by atoms with Crippen LogP contribution in [0.2, 0.25) is 0 Å². The summed E-state index contributed by atoms with van der Waals surface area (Å²) >= 11 is 0. The van der Waals surface area contributed by atoms with Crippen molar-refractivity contribution in [3.8, 4) is 0 Å². The number of nitrogens with two attached hydrogens (primary N) is 1. The first kappa shape index (κ1) is 11.9. The molecule has 0 radical (unpaired) electrons. The van der Waals surface area contributed by atoms with E-state index in [9.17, 15) is 10.1 Å².